The van der Waals surface area contributed by atoms with Crippen molar-refractivity contribution in [1.29, 1.82) is 0 Å². The van der Waals surface area contributed by atoms with E-state index in [0.29, 0.717) is 30.2 Å². The number of hydrogen-bond acceptors (Lipinski definition) is 6. The van der Waals surface area contributed by atoms with E-state index in [0.717, 1.165) is 16.3 Å². The van der Waals surface area contributed by atoms with Crippen molar-refractivity contribution in [1.82, 2.24) is 13.9 Å². The SMILES string of the molecule is COc1ccc(S(=O)(=O)N(CC(=O)Nc2nc(-c3ccccc3)cn2-c2ccc(F)cc2)C[C@H]2CCCO2)cc1. The summed E-state index contributed by atoms with van der Waals surface area (Å²) in [7, 11) is -2.54. The van der Waals surface area contributed by atoms with Gasteiger partial charge in [0.2, 0.25) is 21.9 Å². The Hall–Kier alpha value is -4.06. The van der Waals surface area contributed by atoms with Gasteiger partial charge in [-0.2, -0.15) is 4.31 Å². The number of aromatic nitrogens is 2. The van der Waals surface area contributed by atoms with Crippen molar-refractivity contribution in [3.63, 3.8) is 0 Å². The topological polar surface area (TPSA) is 103 Å². The fourth-order valence-corrected chi connectivity index (χ4v) is 5.93. The van der Waals surface area contributed by atoms with E-state index in [2.05, 4.69) is 10.3 Å². The van der Waals surface area contributed by atoms with E-state index in [1.807, 2.05) is 30.3 Å². The summed E-state index contributed by atoms with van der Waals surface area (Å²) in [5, 5.41) is 2.76. The summed E-state index contributed by atoms with van der Waals surface area (Å²) in [4.78, 5) is 18.0. The normalized spacial score (nSPS) is 15.3. The molecule has 2 heterocycles. The fraction of sp³-hybridized carbons (Fsp3) is 0.241. The van der Waals surface area contributed by atoms with E-state index in [-0.39, 0.29) is 23.5 Å². The highest BCUT2D eigenvalue weighted by molar-refractivity contribution is 7.89. The summed E-state index contributed by atoms with van der Waals surface area (Å²) in [5.41, 5.74) is 1.98. The number of carbonyl (C=O) groups excluding carboxylic acids is 1. The van der Waals surface area contributed by atoms with Gasteiger partial charge in [-0.3, -0.25) is 14.7 Å². The second kappa shape index (κ2) is 12.0. The third-order valence-corrected chi connectivity index (χ3v) is 8.41. The average Bonchev–Trinajstić information content (AvgIpc) is 3.64. The van der Waals surface area contributed by atoms with E-state index in [4.69, 9.17) is 9.47 Å². The van der Waals surface area contributed by atoms with E-state index in [1.165, 1.54) is 31.4 Å². The molecule has 1 fully saturated rings. The maximum Gasteiger partial charge on any atom is 0.243 e. The van der Waals surface area contributed by atoms with Gasteiger partial charge in [-0.25, -0.2) is 17.8 Å². The van der Waals surface area contributed by atoms with E-state index >= 15 is 0 Å². The molecule has 1 N–H and O–H groups in total. The quantitative estimate of drug-likeness (QED) is 0.304. The summed E-state index contributed by atoms with van der Waals surface area (Å²) < 4.78 is 54.4. The van der Waals surface area contributed by atoms with Gasteiger partial charge in [0.1, 0.15) is 11.6 Å². The maximum absolute atomic E-state index is 13.6. The second-order valence-corrected chi connectivity index (χ2v) is 11.3. The number of nitrogens with zero attached hydrogens (tertiary/aromatic N) is 3. The Morgan fingerprint density at radius 2 is 1.82 bits per heavy atom. The predicted molar refractivity (Wildman–Crippen MR) is 148 cm³/mol. The number of amides is 1. The second-order valence-electron chi connectivity index (χ2n) is 9.32. The van der Waals surface area contributed by atoms with Crippen LogP contribution in [-0.4, -0.2) is 61.1 Å². The highest BCUT2D eigenvalue weighted by Gasteiger charge is 2.31. The molecule has 11 heteroatoms. The molecular weight excluding hydrogens is 535 g/mol. The highest BCUT2D eigenvalue weighted by atomic mass is 32.2. The molecule has 1 atom stereocenters. The Bertz CT molecular complexity index is 1550. The molecule has 208 valence electrons. The third kappa shape index (κ3) is 6.22. The molecule has 5 rings (SSSR count). The number of halogens is 1. The van der Waals surface area contributed by atoms with Gasteiger partial charge in [-0.15, -0.1) is 0 Å². The zero-order chi connectivity index (χ0) is 28.1. The molecule has 0 bridgehead atoms. The molecule has 1 aliphatic heterocycles. The largest absolute Gasteiger partial charge is 0.497 e. The van der Waals surface area contributed by atoms with Crippen LogP contribution in [0.25, 0.3) is 16.9 Å². The molecule has 1 aromatic heterocycles. The number of rotatable bonds is 10. The Morgan fingerprint density at radius 1 is 1.10 bits per heavy atom. The number of hydrogen-bond donors (Lipinski definition) is 1. The molecule has 40 heavy (non-hydrogen) atoms. The van der Waals surface area contributed by atoms with Gasteiger partial charge >= 0.3 is 0 Å². The zero-order valence-corrected chi connectivity index (χ0v) is 22.7. The molecule has 0 radical (unpaired) electrons. The van der Waals surface area contributed by atoms with Crippen LogP contribution < -0.4 is 10.1 Å². The number of benzene rings is 3. The van der Waals surface area contributed by atoms with Crippen molar-refractivity contribution in [3.8, 4) is 22.7 Å². The standard InChI is InChI=1S/C29H29FN4O5S/c1-38-24-13-15-26(16-14-24)40(36,37)33(18-25-8-5-17-39-25)20-28(35)32-29-31-27(21-6-3-2-4-7-21)19-34(29)23-11-9-22(30)10-12-23/h2-4,6-7,9-16,19,25H,5,8,17-18,20H2,1H3,(H,31,32,35)/t25-/m1/s1. The van der Waals surface area contributed by atoms with Crippen molar-refractivity contribution in [2.45, 2.75) is 23.8 Å². The summed E-state index contributed by atoms with van der Waals surface area (Å²) in [5.74, 6) is -0.284. The van der Waals surface area contributed by atoms with Crippen molar-refractivity contribution >= 4 is 21.9 Å². The molecule has 4 aromatic rings. The zero-order valence-electron chi connectivity index (χ0n) is 21.9. The number of methoxy groups -OCH3 is 1. The molecule has 0 unspecified atom stereocenters. The van der Waals surface area contributed by atoms with Crippen LogP contribution in [0, 0.1) is 5.82 Å². The van der Waals surface area contributed by atoms with Crippen LogP contribution in [0.2, 0.25) is 0 Å². The lowest BCUT2D eigenvalue weighted by Crippen LogP contribution is -2.42. The van der Waals surface area contributed by atoms with Crippen LogP contribution >= 0.6 is 0 Å². The number of anilines is 1. The number of ether oxygens (including phenoxy) is 2. The molecule has 9 nitrogen and oxygen atoms in total. The van der Waals surface area contributed by atoms with Crippen LogP contribution in [0.3, 0.4) is 0 Å². The summed E-state index contributed by atoms with van der Waals surface area (Å²) >= 11 is 0. The molecule has 3 aromatic carbocycles. The first kappa shape index (κ1) is 27.5. The Kier molecular flexibility index (Phi) is 8.24. The van der Waals surface area contributed by atoms with Crippen LogP contribution in [0.5, 0.6) is 5.75 Å². The lowest BCUT2D eigenvalue weighted by atomic mass is 10.2. The third-order valence-electron chi connectivity index (χ3n) is 6.58. The summed E-state index contributed by atoms with van der Waals surface area (Å²) in [6.07, 6.45) is 2.94. The number of sulfonamides is 1. The highest BCUT2D eigenvalue weighted by Crippen LogP contribution is 2.26. The maximum atomic E-state index is 13.6. The monoisotopic (exact) mass is 564 g/mol. The van der Waals surface area contributed by atoms with Gasteiger partial charge in [0.25, 0.3) is 0 Å². The van der Waals surface area contributed by atoms with Gasteiger partial charge in [0, 0.05) is 30.6 Å². The average molecular weight is 565 g/mol. The Morgan fingerprint density at radius 3 is 2.48 bits per heavy atom. The van der Waals surface area contributed by atoms with Crippen LogP contribution in [-0.2, 0) is 19.6 Å². The van der Waals surface area contributed by atoms with Gasteiger partial charge in [-0.1, -0.05) is 30.3 Å². The molecular formula is C29H29FN4O5S. The summed E-state index contributed by atoms with van der Waals surface area (Å²) in [6.45, 7) is 0.124. The minimum absolute atomic E-state index is 0.0312. The van der Waals surface area contributed by atoms with Crippen molar-refractivity contribution in [3.05, 3.63) is 90.9 Å². The van der Waals surface area contributed by atoms with Crippen molar-refractivity contribution in [2.75, 3.05) is 32.1 Å². The van der Waals surface area contributed by atoms with Gasteiger partial charge in [-0.05, 0) is 61.4 Å². The van der Waals surface area contributed by atoms with Gasteiger partial charge < -0.3 is 9.47 Å². The molecule has 1 aliphatic rings. The smallest absolute Gasteiger partial charge is 0.243 e. The Balaban J connectivity index is 1.43. The predicted octanol–water partition coefficient (Wildman–Crippen LogP) is 4.50. The van der Waals surface area contributed by atoms with Gasteiger partial charge in [0.15, 0.2) is 0 Å². The molecule has 1 amide bonds. The lowest BCUT2D eigenvalue weighted by molar-refractivity contribution is -0.116. The minimum atomic E-state index is -4.04. The van der Waals surface area contributed by atoms with E-state index in [9.17, 15) is 17.6 Å². The first-order valence-corrected chi connectivity index (χ1v) is 14.2. The van der Waals surface area contributed by atoms with Gasteiger partial charge in [0.05, 0.1) is 30.3 Å². The minimum Gasteiger partial charge on any atom is -0.497 e. The fourth-order valence-electron chi connectivity index (χ4n) is 4.50. The summed E-state index contributed by atoms with van der Waals surface area (Å²) in [6, 6.07) is 21.2. The number of carbonyl (C=O) groups is 1. The van der Waals surface area contributed by atoms with E-state index in [1.54, 1.807) is 35.0 Å². The molecule has 0 spiro atoms. The van der Waals surface area contributed by atoms with Crippen molar-refractivity contribution < 1.29 is 27.1 Å². The number of imidazole rings is 1. The molecule has 0 aliphatic carbocycles. The van der Waals surface area contributed by atoms with Crippen LogP contribution in [0.1, 0.15) is 12.8 Å². The van der Waals surface area contributed by atoms with Crippen LogP contribution in [0.15, 0.2) is 90.0 Å². The molecule has 1 saturated heterocycles. The first-order valence-electron chi connectivity index (χ1n) is 12.8. The molecule has 0 saturated carbocycles. The first-order chi connectivity index (χ1) is 19.3. The number of nitrogens with one attached hydrogen (secondary N) is 1. The lowest BCUT2D eigenvalue weighted by Gasteiger charge is -2.24. The van der Waals surface area contributed by atoms with Crippen molar-refractivity contribution in [2.24, 2.45) is 0 Å². The Labute approximate surface area is 232 Å². The van der Waals surface area contributed by atoms with E-state index < -0.39 is 28.3 Å². The van der Waals surface area contributed by atoms with Crippen LogP contribution in [0.4, 0.5) is 10.3 Å².